The molecule has 1 aromatic carbocycles. The van der Waals surface area contributed by atoms with Crippen LogP contribution in [0.15, 0.2) is 12.1 Å². The molecule has 4 unspecified atom stereocenters. The molecule has 0 aromatic heterocycles. The number of carbonyl (C=O) groups is 2. The summed E-state index contributed by atoms with van der Waals surface area (Å²) in [5.74, 6) is 2.62. The molecule has 0 radical (unpaired) electrons. The van der Waals surface area contributed by atoms with E-state index in [4.69, 9.17) is 9.47 Å². The van der Waals surface area contributed by atoms with Crippen LogP contribution in [-0.2, 0) is 9.59 Å². The third kappa shape index (κ3) is 4.58. The minimum atomic E-state index is -0.347. The van der Waals surface area contributed by atoms with E-state index in [1.807, 2.05) is 13.0 Å². The van der Waals surface area contributed by atoms with Crippen molar-refractivity contribution in [3.8, 4) is 11.5 Å². The Kier molecular flexibility index (Phi) is 6.94. The summed E-state index contributed by atoms with van der Waals surface area (Å²) < 4.78 is 12.4. The lowest BCUT2D eigenvalue weighted by atomic mass is 9.66. The molecule has 4 heteroatoms. The Hall–Kier alpha value is -1.84. The van der Waals surface area contributed by atoms with Crippen LogP contribution in [-0.4, -0.2) is 17.4 Å². The molecular formula is C26H38O4. The van der Waals surface area contributed by atoms with Gasteiger partial charge < -0.3 is 9.47 Å². The standard InChI is InChI=1S/C26H38O4/c1-7-9-16(3)17(4)18-13-22(29-24(28)10-8-2)25-20-15-19(27)11-12-21(20)26(5,6)30-23(25)14-18/h13-14,16-17,20-21H,7-12,15H2,1-6H3. The number of ether oxygens (including phenoxy) is 2. The third-order valence-corrected chi connectivity index (χ3v) is 7.23. The number of fused-ring (bicyclic) bond motifs is 3. The van der Waals surface area contributed by atoms with Gasteiger partial charge in [0.2, 0.25) is 0 Å². The largest absolute Gasteiger partial charge is 0.487 e. The second-order valence-corrected chi connectivity index (χ2v) is 9.91. The topological polar surface area (TPSA) is 52.6 Å². The lowest BCUT2D eigenvalue weighted by Gasteiger charge is -2.47. The summed E-state index contributed by atoms with van der Waals surface area (Å²) in [6.07, 6.45) is 5.36. The van der Waals surface area contributed by atoms with Gasteiger partial charge in [0.15, 0.2) is 0 Å². The van der Waals surface area contributed by atoms with E-state index in [0.717, 1.165) is 42.6 Å². The second-order valence-electron chi connectivity index (χ2n) is 9.91. The van der Waals surface area contributed by atoms with E-state index in [-0.39, 0.29) is 23.4 Å². The SMILES string of the molecule is CCCC(=O)Oc1cc(C(C)C(C)CCC)cc2c1C1CC(=O)CCC1C(C)(C)O2. The summed E-state index contributed by atoms with van der Waals surface area (Å²) in [5.41, 5.74) is 1.72. The van der Waals surface area contributed by atoms with Gasteiger partial charge in [-0.1, -0.05) is 40.5 Å². The minimum Gasteiger partial charge on any atom is -0.487 e. The molecule has 0 saturated heterocycles. The fourth-order valence-electron chi connectivity index (χ4n) is 5.33. The maximum Gasteiger partial charge on any atom is 0.311 e. The highest BCUT2D eigenvalue weighted by Gasteiger charge is 2.48. The molecule has 166 valence electrons. The molecule has 0 spiro atoms. The van der Waals surface area contributed by atoms with Crippen LogP contribution < -0.4 is 9.47 Å². The van der Waals surface area contributed by atoms with E-state index in [1.54, 1.807) is 0 Å². The normalized spacial score (nSPS) is 24.3. The predicted octanol–water partition coefficient (Wildman–Crippen LogP) is 6.56. The van der Waals surface area contributed by atoms with E-state index < -0.39 is 0 Å². The molecule has 1 aliphatic carbocycles. The van der Waals surface area contributed by atoms with E-state index in [0.29, 0.717) is 42.6 Å². The fourth-order valence-corrected chi connectivity index (χ4v) is 5.33. The average molecular weight is 415 g/mol. The van der Waals surface area contributed by atoms with Crippen molar-refractivity contribution in [3.05, 3.63) is 23.3 Å². The number of Topliss-reactive ketones (excluding diaryl/α,β-unsaturated/α-hetero) is 1. The van der Waals surface area contributed by atoms with Crippen molar-refractivity contribution in [3.63, 3.8) is 0 Å². The van der Waals surface area contributed by atoms with Crippen molar-refractivity contribution in [2.45, 2.75) is 104 Å². The van der Waals surface area contributed by atoms with Crippen molar-refractivity contribution in [1.82, 2.24) is 0 Å². The van der Waals surface area contributed by atoms with E-state index in [2.05, 4.69) is 40.7 Å². The summed E-state index contributed by atoms with van der Waals surface area (Å²) in [5, 5.41) is 0. The zero-order valence-electron chi connectivity index (χ0n) is 19.5. The molecule has 1 aromatic rings. The van der Waals surface area contributed by atoms with Gasteiger partial charge >= 0.3 is 5.97 Å². The smallest absolute Gasteiger partial charge is 0.311 e. The fraction of sp³-hybridized carbons (Fsp3) is 0.692. The van der Waals surface area contributed by atoms with Crippen LogP contribution in [0.5, 0.6) is 11.5 Å². The van der Waals surface area contributed by atoms with Gasteiger partial charge in [0.05, 0.1) is 0 Å². The van der Waals surface area contributed by atoms with Crippen LogP contribution in [0.1, 0.15) is 109 Å². The summed E-state index contributed by atoms with van der Waals surface area (Å²) in [6, 6.07) is 4.18. The first-order chi connectivity index (χ1) is 14.2. The van der Waals surface area contributed by atoms with E-state index in [9.17, 15) is 9.59 Å². The molecule has 0 bridgehead atoms. The summed E-state index contributed by atoms with van der Waals surface area (Å²) in [4.78, 5) is 24.8. The van der Waals surface area contributed by atoms with Crippen LogP contribution >= 0.6 is 0 Å². The Morgan fingerprint density at radius 2 is 1.97 bits per heavy atom. The van der Waals surface area contributed by atoms with Crippen LogP contribution in [0.2, 0.25) is 0 Å². The first-order valence-corrected chi connectivity index (χ1v) is 11.8. The predicted molar refractivity (Wildman–Crippen MR) is 119 cm³/mol. The van der Waals surface area contributed by atoms with Gasteiger partial charge in [-0.05, 0) is 56.2 Å². The zero-order valence-corrected chi connectivity index (χ0v) is 19.5. The van der Waals surface area contributed by atoms with Gasteiger partial charge in [-0.15, -0.1) is 0 Å². The zero-order chi connectivity index (χ0) is 22.1. The number of esters is 1. The highest BCUT2D eigenvalue weighted by atomic mass is 16.5. The quantitative estimate of drug-likeness (QED) is 0.375. The van der Waals surface area contributed by atoms with Crippen molar-refractivity contribution >= 4 is 11.8 Å². The Morgan fingerprint density at radius 1 is 1.23 bits per heavy atom. The molecule has 1 saturated carbocycles. The van der Waals surface area contributed by atoms with Crippen molar-refractivity contribution < 1.29 is 19.1 Å². The number of benzene rings is 1. The third-order valence-electron chi connectivity index (χ3n) is 7.23. The molecule has 2 aliphatic rings. The minimum absolute atomic E-state index is 0.0480. The van der Waals surface area contributed by atoms with Gasteiger partial charge in [-0.25, -0.2) is 0 Å². The van der Waals surface area contributed by atoms with E-state index >= 15 is 0 Å². The molecule has 30 heavy (non-hydrogen) atoms. The molecule has 4 atom stereocenters. The molecule has 0 N–H and O–H groups in total. The van der Waals surface area contributed by atoms with Gasteiger partial charge in [0.1, 0.15) is 22.9 Å². The number of ketones is 1. The van der Waals surface area contributed by atoms with Crippen LogP contribution in [0.25, 0.3) is 0 Å². The molecular weight excluding hydrogens is 376 g/mol. The first-order valence-electron chi connectivity index (χ1n) is 11.8. The lowest BCUT2D eigenvalue weighted by Crippen LogP contribution is -2.47. The van der Waals surface area contributed by atoms with Crippen molar-refractivity contribution in [2.24, 2.45) is 11.8 Å². The Balaban J connectivity index is 2.10. The highest BCUT2D eigenvalue weighted by molar-refractivity contribution is 5.81. The number of hydrogen-bond acceptors (Lipinski definition) is 4. The van der Waals surface area contributed by atoms with Crippen molar-refractivity contribution in [2.75, 3.05) is 0 Å². The monoisotopic (exact) mass is 414 g/mol. The van der Waals surface area contributed by atoms with Crippen LogP contribution in [0, 0.1) is 11.8 Å². The Labute approximate surface area is 181 Å². The van der Waals surface area contributed by atoms with Crippen LogP contribution in [0.4, 0.5) is 0 Å². The van der Waals surface area contributed by atoms with Gasteiger partial charge in [0, 0.05) is 36.7 Å². The summed E-state index contributed by atoms with van der Waals surface area (Å²) in [7, 11) is 0. The summed E-state index contributed by atoms with van der Waals surface area (Å²) >= 11 is 0. The Morgan fingerprint density at radius 3 is 2.63 bits per heavy atom. The highest BCUT2D eigenvalue weighted by Crippen LogP contribution is 2.54. The molecule has 3 rings (SSSR count). The first kappa shape index (κ1) is 22.8. The molecule has 1 aliphatic heterocycles. The van der Waals surface area contributed by atoms with E-state index in [1.165, 1.54) is 0 Å². The van der Waals surface area contributed by atoms with Gasteiger partial charge in [-0.2, -0.15) is 0 Å². The maximum atomic E-state index is 12.4. The molecule has 0 amide bonds. The number of carbonyl (C=O) groups excluding carboxylic acids is 2. The number of hydrogen-bond donors (Lipinski definition) is 0. The molecule has 1 fully saturated rings. The van der Waals surface area contributed by atoms with Crippen molar-refractivity contribution in [1.29, 1.82) is 0 Å². The summed E-state index contributed by atoms with van der Waals surface area (Å²) in [6.45, 7) is 12.9. The average Bonchev–Trinajstić information content (AvgIpc) is 2.66. The molecule has 1 heterocycles. The maximum absolute atomic E-state index is 12.4. The lowest BCUT2D eigenvalue weighted by molar-refractivity contribution is -0.134. The Bertz CT molecular complexity index is 794. The van der Waals surface area contributed by atoms with Crippen LogP contribution in [0.3, 0.4) is 0 Å². The molecule has 4 nitrogen and oxygen atoms in total. The van der Waals surface area contributed by atoms with Gasteiger partial charge in [-0.3, -0.25) is 9.59 Å². The van der Waals surface area contributed by atoms with Gasteiger partial charge in [0.25, 0.3) is 0 Å². The second kappa shape index (κ2) is 9.11. The number of rotatable bonds is 7.